The molecule has 0 saturated heterocycles. The average molecular weight is 344 g/mol. The van der Waals surface area contributed by atoms with Gasteiger partial charge >= 0.3 is 0 Å². The zero-order chi connectivity index (χ0) is 13.9. The van der Waals surface area contributed by atoms with E-state index in [-0.39, 0.29) is 0 Å². The summed E-state index contributed by atoms with van der Waals surface area (Å²) in [7, 11) is 0. The van der Waals surface area contributed by atoms with Crippen molar-refractivity contribution in [3.63, 3.8) is 0 Å². The lowest BCUT2D eigenvalue weighted by Gasteiger charge is -2.36. The number of halogens is 2. The Labute approximate surface area is 131 Å². The third-order valence-electron chi connectivity index (χ3n) is 4.41. The van der Waals surface area contributed by atoms with Gasteiger partial charge in [0.1, 0.15) is 0 Å². The van der Waals surface area contributed by atoms with Crippen LogP contribution in [-0.2, 0) is 6.42 Å². The predicted molar refractivity (Wildman–Crippen MR) is 88.2 cm³/mol. The first-order chi connectivity index (χ1) is 9.02. The zero-order valence-electron chi connectivity index (χ0n) is 12.0. The molecule has 1 aromatic carbocycles. The normalized spacial score (nSPS) is 19.8. The summed E-state index contributed by atoms with van der Waals surface area (Å²) >= 11 is 9.97. The molecule has 0 bridgehead atoms. The van der Waals surface area contributed by atoms with Crippen molar-refractivity contribution in [2.75, 3.05) is 0 Å². The lowest BCUT2D eigenvalue weighted by molar-refractivity contribution is 0.228. The second-order valence-electron chi connectivity index (χ2n) is 6.47. The largest absolute Gasteiger partial charge is 0.0881 e. The monoisotopic (exact) mass is 342 g/mol. The van der Waals surface area contributed by atoms with Crippen LogP contribution in [0.5, 0.6) is 0 Å². The van der Waals surface area contributed by atoms with Crippen LogP contribution in [0.1, 0.15) is 51.5 Å². The Morgan fingerprint density at radius 2 is 1.74 bits per heavy atom. The van der Waals surface area contributed by atoms with E-state index in [0.29, 0.717) is 10.2 Å². The fourth-order valence-electron chi connectivity index (χ4n) is 3.58. The van der Waals surface area contributed by atoms with E-state index in [0.717, 1.165) is 17.4 Å². The number of rotatable bonds is 5. The van der Waals surface area contributed by atoms with Gasteiger partial charge in [-0.05, 0) is 54.7 Å². The molecule has 1 aromatic rings. The Kier molecular flexibility index (Phi) is 5.37. The first-order valence-electron chi connectivity index (χ1n) is 7.40. The van der Waals surface area contributed by atoms with Gasteiger partial charge in [-0.25, -0.2) is 0 Å². The highest BCUT2D eigenvalue weighted by atomic mass is 79.9. The smallest absolute Gasteiger partial charge is 0.0406 e. The third kappa shape index (κ3) is 3.98. The van der Waals surface area contributed by atoms with Gasteiger partial charge in [0.15, 0.2) is 0 Å². The summed E-state index contributed by atoms with van der Waals surface area (Å²) in [5.41, 5.74) is 1.90. The maximum Gasteiger partial charge on any atom is 0.0406 e. The molecule has 1 atom stereocenters. The van der Waals surface area contributed by atoms with Crippen molar-refractivity contribution < 1.29 is 0 Å². The van der Waals surface area contributed by atoms with Crippen molar-refractivity contribution in [3.05, 3.63) is 34.9 Å². The average Bonchev–Trinajstić information content (AvgIpc) is 2.81. The van der Waals surface area contributed by atoms with Gasteiger partial charge < -0.3 is 0 Å². The van der Waals surface area contributed by atoms with Crippen LogP contribution in [0.3, 0.4) is 0 Å². The van der Waals surface area contributed by atoms with Crippen LogP contribution in [0.4, 0.5) is 0 Å². The van der Waals surface area contributed by atoms with Crippen LogP contribution >= 0.6 is 27.5 Å². The van der Waals surface area contributed by atoms with Gasteiger partial charge in [-0.1, -0.05) is 66.4 Å². The van der Waals surface area contributed by atoms with Gasteiger partial charge in [0.25, 0.3) is 0 Å². The van der Waals surface area contributed by atoms with Crippen LogP contribution in [-0.4, -0.2) is 4.83 Å². The molecule has 0 radical (unpaired) electrons. The van der Waals surface area contributed by atoms with E-state index in [4.69, 9.17) is 11.6 Å². The minimum Gasteiger partial charge on any atom is -0.0881 e. The molecule has 1 fully saturated rings. The van der Waals surface area contributed by atoms with Crippen LogP contribution in [0, 0.1) is 11.3 Å². The molecule has 0 nitrogen and oxygen atoms in total. The van der Waals surface area contributed by atoms with Crippen molar-refractivity contribution in [2.45, 2.75) is 57.2 Å². The van der Waals surface area contributed by atoms with Crippen LogP contribution < -0.4 is 0 Å². The maximum atomic E-state index is 5.96. The molecule has 0 spiro atoms. The fraction of sp³-hybridized carbons (Fsp3) is 0.647. The molecule has 2 heteroatoms. The van der Waals surface area contributed by atoms with E-state index in [2.05, 4.69) is 41.9 Å². The van der Waals surface area contributed by atoms with E-state index in [1.54, 1.807) is 0 Å². The summed E-state index contributed by atoms with van der Waals surface area (Å²) < 4.78 is 0. The molecule has 1 unspecified atom stereocenters. The van der Waals surface area contributed by atoms with Crippen molar-refractivity contribution in [3.8, 4) is 0 Å². The Morgan fingerprint density at radius 3 is 2.26 bits per heavy atom. The van der Waals surface area contributed by atoms with Crippen LogP contribution in [0.25, 0.3) is 0 Å². The summed E-state index contributed by atoms with van der Waals surface area (Å²) in [6.07, 6.45) is 8.02. The molecule has 2 rings (SSSR count). The topological polar surface area (TPSA) is 0 Å². The highest BCUT2D eigenvalue weighted by Gasteiger charge is 2.40. The molecular formula is C17H24BrCl. The Bertz CT molecular complexity index is 390. The highest BCUT2D eigenvalue weighted by Crippen LogP contribution is 2.49. The molecule has 1 aliphatic carbocycles. The molecule has 0 heterocycles. The molecule has 1 aliphatic rings. The standard InChI is InChI=1S/C17H24BrCl/c1-13(2)12-17(9-3-4-10-17)16(18)11-14-5-7-15(19)8-6-14/h5-8,13,16H,3-4,9-12H2,1-2H3. The van der Waals surface area contributed by atoms with Crippen LogP contribution in [0.2, 0.25) is 5.02 Å². The van der Waals surface area contributed by atoms with Crippen molar-refractivity contribution in [1.29, 1.82) is 0 Å². The van der Waals surface area contributed by atoms with Crippen molar-refractivity contribution in [1.82, 2.24) is 0 Å². The molecular weight excluding hydrogens is 320 g/mol. The number of benzene rings is 1. The number of hydrogen-bond donors (Lipinski definition) is 0. The quantitative estimate of drug-likeness (QED) is 0.554. The van der Waals surface area contributed by atoms with Gasteiger partial charge in [0, 0.05) is 9.85 Å². The summed E-state index contributed by atoms with van der Waals surface area (Å²) in [5.74, 6) is 0.781. The second-order valence-corrected chi connectivity index (χ2v) is 8.01. The molecule has 0 aromatic heterocycles. The molecule has 0 N–H and O–H groups in total. The number of alkyl halides is 1. The van der Waals surface area contributed by atoms with E-state index >= 15 is 0 Å². The highest BCUT2D eigenvalue weighted by molar-refractivity contribution is 9.09. The Balaban J connectivity index is 2.07. The van der Waals surface area contributed by atoms with Crippen LogP contribution in [0.15, 0.2) is 24.3 Å². The minimum atomic E-state index is 0.508. The van der Waals surface area contributed by atoms with Gasteiger partial charge in [-0.2, -0.15) is 0 Å². The summed E-state index contributed by atoms with van der Waals surface area (Å²) in [6, 6.07) is 8.32. The summed E-state index contributed by atoms with van der Waals surface area (Å²) in [5, 5.41) is 0.827. The molecule has 106 valence electrons. The lowest BCUT2D eigenvalue weighted by atomic mass is 9.74. The molecule has 0 amide bonds. The maximum absolute atomic E-state index is 5.96. The number of hydrogen-bond acceptors (Lipinski definition) is 0. The third-order valence-corrected chi connectivity index (χ3v) is 5.95. The van der Waals surface area contributed by atoms with Gasteiger partial charge in [-0.3, -0.25) is 0 Å². The Hall–Kier alpha value is -0.0100. The van der Waals surface area contributed by atoms with E-state index in [9.17, 15) is 0 Å². The summed E-state index contributed by atoms with van der Waals surface area (Å²) in [4.78, 5) is 0.589. The van der Waals surface area contributed by atoms with E-state index in [1.165, 1.54) is 37.7 Å². The predicted octanol–water partition coefficient (Wildman–Crippen LogP) is 6.25. The van der Waals surface area contributed by atoms with E-state index in [1.807, 2.05) is 12.1 Å². The molecule has 19 heavy (non-hydrogen) atoms. The SMILES string of the molecule is CC(C)CC1(C(Br)Cc2ccc(Cl)cc2)CCCC1. The van der Waals surface area contributed by atoms with Gasteiger partial charge in [0.05, 0.1) is 0 Å². The fourth-order valence-corrected chi connectivity index (χ4v) is 4.73. The second kappa shape index (κ2) is 6.63. The van der Waals surface area contributed by atoms with Gasteiger partial charge in [0.2, 0.25) is 0 Å². The first kappa shape index (κ1) is 15.4. The van der Waals surface area contributed by atoms with Crippen molar-refractivity contribution >= 4 is 27.5 Å². The van der Waals surface area contributed by atoms with Gasteiger partial charge in [-0.15, -0.1) is 0 Å². The first-order valence-corrected chi connectivity index (χ1v) is 8.70. The lowest BCUT2D eigenvalue weighted by Crippen LogP contribution is -2.31. The van der Waals surface area contributed by atoms with Crippen molar-refractivity contribution in [2.24, 2.45) is 11.3 Å². The zero-order valence-corrected chi connectivity index (χ0v) is 14.3. The molecule has 1 saturated carbocycles. The minimum absolute atomic E-state index is 0.508. The Morgan fingerprint density at radius 1 is 1.16 bits per heavy atom. The molecule has 0 aliphatic heterocycles. The van der Waals surface area contributed by atoms with E-state index < -0.39 is 0 Å². The summed E-state index contributed by atoms with van der Waals surface area (Å²) in [6.45, 7) is 4.70.